The van der Waals surface area contributed by atoms with Gasteiger partial charge < -0.3 is 15.6 Å². The number of carboxylic acid groups (broad SMARTS) is 1. The van der Waals surface area contributed by atoms with Crippen LogP contribution >= 0.6 is 0 Å². The van der Waals surface area contributed by atoms with Gasteiger partial charge in [0.05, 0.1) is 5.56 Å². The first-order chi connectivity index (χ1) is 9.61. The number of hydrogen-bond acceptors (Lipinski definition) is 4. The molecule has 1 heterocycles. The summed E-state index contributed by atoms with van der Waals surface area (Å²) in [5, 5.41) is 9.27. The minimum atomic E-state index is -0.952. The van der Waals surface area contributed by atoms with Gasteiger partial charge in [0.15, 0.2) is 0 Å². The largest absolute Gasteiger partial charge is 0.478 e. The molecule has 0 atom stereocenters. The van der Waals surface area contributed by atoms with Gasteiger partial charge in [-0.3, -0.25) is 4.90 Å². The molecule has 1 aromatic rings. The Hall–Kier alpha value is -1.59. The minimum Gasteiger partial charge on any atom is -0.478 e. The summed E-state index contributed by atoms with van der Waals surface area (Å²) < 4.78 is 5.19. The number of methoxy groups -OCH3 is 1. The van der Waals surface area contributed by atoms with Crippen LogP contribution in [0.2, 0.25) is 0 Å². The maximum Gasteiger partial charge on any atom is 0.338 e. The lowest BCUT2D eigenvalue weighted by Crippen LogP contribution is -2.35. The standard InChI is InChI=1S/C15H22N2O3/c1-20-10-11-5-7-17(8-6-11)9-12-3-2-4-13(16)14(12)15(18)19/h2-4,11H,5-10,16H2,1H3,(H,18,19). The number of anilines is 1. The van der Waals surface area contributed by atoms with Crippen LogP contribution in [0.25, 0.3) is 0 Å². The van der Waals surface area contributed by atoms with Crippen molar-refractivity contribution < 1.29 is 14.6 Å². The molecule has 0 spiro atoms. The Balaban J connectivity index is 2.01. The van der Waals surface area contributed by atoms with Crippen molar-refractivity contribution in [2.24, 2.45) is 5.92 Å². The summed E-state index contributed by atoms with van der Waals surface area (Å²) in [6.07, 6.45) is 2.19. The number of likely N-dealkylation sites (tertiary alicyclic amines) is 1. The van der Waals surface area contributed by atoms with Crippen LogP contribution in [-0.2, 0) is 11.3 Å². The summed E-state index contributed by atoms with van der Waals surface area (Å²) in [4.78, 5) is 13.6. The lowest BCUT2D eigenvalue weighted by molar-refractivity contribution is 0.0693. The van der Waals surface area contributed by atoms with Crippen molar-refractivity contribution in [2.45, 2.75) is 19.4 Å². The summed E-state index contributed by atoms with van der Waals surface area (Å²) in [5.41, 5.74) is 7.15. The Morgan fingerprint density at radius 1 is 1.45 bits per heavy atom. The molecule has 1 aliphatic rings. The molecule has 20 heavy (non-hydrogen) atoms. The SMILES string of the molecule is COCC1CCN(Cc2cccc(N)c2C(=O)O)CC1. The topological polar surface area (TPSA) is 75.8 Å². The van der Waals surface area contributed by atoms with Crippen molar-refractivity contribution in [2.75, 3.05) is 32.5 Å². The van der Waals surface area contributed by atoms with E-state index in [9.17, 15) is 9.90 Å². The number of nitrogens with two attached hydrogens (primary N) is 1. The lowest BCUT2D eigenvalue weighted by atomic mass is 9.96. The molecular formula is C15H22N2O3. The van der Waals surface area contributed by atoms with Gasteiger partial charge in [0.1, 0.15) is 0 Å². The van der Waals surface area contributed by atoms with Crippen LogP contribution in [0.15, 0.2) is 18.2 Å². The summed E-state index contributed by atoms with van der Waals surface area (Å²) in [6, 6.07) is 5.30. The van der Waals surface area contributed by atoms with Gasteiger partial charge in [-0.05, 0) is 43.5 Å². The molecule has 1 saturated heterocycles. The van der Waals surface area contributed by atoms with Crippen LogP contribution in [-0.4, -0.2) is 42.8 Å². The highest BCUT2D eigenvalue weighted by molar-refractivity contribution is 5.95. The highest BCUT2D eigenvalue weighted by Gasteiger charge is 2.21. The molecule has 1 fully saturated rings. The van der Waals surface area contributed by atoms with Gasteiger partial charge in [-0.2, -0.15) is 0 Å². The highest BCUT2D eigenvalue weighted by atomic mass is 16.5. The zero-order valence-electron chi connectivity index (χ0n) is 11.8. The summed E-state index contributed by atoms with van der Waals surface area (Å²) in [7, 11) is 1.73. The van der Waals surface area contributed by atoms with E-state index >= 15 is 0 Å². The molecule has 0 aromatic heterocycles. The molecule has 0 aliphatic carbocycles. The van der Waals surface area contributed by atoms with Crippen LogP contribution in [0, 0.1) is 5.92 Å². The molecule has 0 amide bonds. The van der Waals surface area contributed by atoms with Gasteiger partial charge in [0.25, 0.3) is 0 Å². The Morgan fingerprint density at radius 3 is 2.75 bits per heavy atom. The smallest absolute Gasteiger partial charge is 0.338 e. The van der Waals surface area contributed by atoms with E-state index in [1.165, 1.54) is 0 Å². The molecule has 5 nitrogen and oxygen atoms in total. The number of ether oxygens (including phenoxy) is 1. The Bertz CT molecular complexity index is 468. The predicted molar refractivity (Wildman–Crippen MR) is 77.7 cm³/mol. The molecule has 1 aromatic carbocycles. The van der Waals surface area contributed by atoms with Crippen molar-refractivity contribution in [3.63, 3.8) is 0 Å². The van der Waals surface area contributed by atoms with Crippen LogP contribution < -0.4 is 5.73 Å². The molecule has 2 rings (SSSR count). The zero-order valence-corrected chi connectivity index (χ0v) is 11.8. The molecule has 0 saturated carbocycles. The van der Waals surface area contributed by atoms with E-state index in [4.69, 9.17) is 10.5 Å². The number of nitrogens with zero attached hydrogens (tertiary/aromatic N) is 1. The van der Waals surface area contributed by atoms with Crippen LogP contribution in [0.4, 0.5) is 5.69 Å². The first kappa shape index (κ1) is 14.8. The van der Waals surface area contributed by atoms with Crippen LogP contribution in [0.1, 0.15) is 28.8 Å². The molecule has 1 aliphatic heterocycles. The fourth-order valence-corrected chi connectivity index (χ4v) is 2.80. The fraction of sp³-hybridized carbons (Fsp3) is 0.533. The van der Waals surface area contributed by atoms with E-state index < -0.39 is 5.97 Å². The molecule has 110 valence electrons. The molecule has 0 radical (unpaired) electrons. The molecular weight excluding hydrogens is 256 g/mol. The third-order valence-corrected chi connectivity index (χ3v) is 3.90. The van der Waals surface area contributed by atoms with Crippen molar-refractivity contribution in [1.82, 2.24) is 4.90 Å². The third kappa shape index (κ3) is 3.49. The maximum atomic E-state index is 11.3. The van der Waals surface area contributed by atoms with Gasteiger partial charge in [-0.15, -0.1) is 0 Å². The van der Waals surface area contributed by atoms with Gasteiger partial charge in [0.2, 0.25) is 0 Å². The second kappa shape index (κ2) is 6.72. The van der Waals surface area contributed by atoms with Crippen molar-refractivity contribution in [3.05, 3.63) is 29.3 Å². The number of piperidine rings is 1. The Kier molecular flexibility index (Phi) is 4.98. The average Bonchev–Trinajstić information content (AvgIpc) is 2.41. The third-order valence-electron chi connectivity index (χ3n) is 3.90. The number of carboxylic acids is 1. The molecule has 3 N–H and O–H groups in total. The van der Waals surface area contributed by atoms with E-state index in [1.54, 1.807) is 13.2 Å². The Morgan fingerprint density at radius 2 is 2.15 bits per heavy atom. The van der Waals surface area contributed by atoms with E-state index in [0.717, 1.165) is 38.1 Å². The molecule has 5 heteroatoms. The lowest BCUT2D eigenvalue weighted by Gasteiger charge is -2.32. The molecule has 0 bridgehead atoms. The fourth-order valence-electron chi connectivity index (χ4n) is 2.80. The van der Waals surface area contributed by atoms with Gasteiger partial charge in [0, 0.05) is 25.9 Å². The number of hydrogen-bond donors (Lipinski definition) is 2. The second-order valence-corrected chi connectivity index (χ2v) is 5.36. The Labute approximate surface area is 119 Å². The average molecular weight is 278 g/mol. The van der Waals surface area contributed by atoms with Crippen LogP contribution in [0.3, 0.4) is 0 Å². The van der Waals surface area contributed by atoms with Gasteiger partial charge in [-0.25, -0.2) is 4.79 Å². The monoisotopic (exact) mass is 278 g/mol. The predicted octanol–water partition coefficient (Wildman–Crippen LogP) is 1.83. The first-order valence-corrected chi connectivity index (χ1v) is 6.93. The highest BCUT2D eigenvalue weighted by Crippen LogP contribution is 2.23. The van der Waals surface area contributed by atoms with Crippen molar-refractivity contribution in [3.8, 4) is 0 Å². The van der Waals surface area contributed by atoms with Gasteiger partial charge >= 0.3 is 5.97 Å². The summed E-state index contributed by atoms with van der Waals surface area (Å²) >= 11 is 0. The maximum absolute atomic E-state index is 11.3. The normalized spacial score (nSPS) is 17.2. The number of rotatable bonds is 5. The number of nitrogen functional groups attached to an aromatic ring is 1. The van der Waals surface area contributed by atoms with E-state index in [2.05, 4.69) is 4.90 Å². The minimum absolute atomic E-state index is 0.242. The summed E-state index contributed by atoms with van der Waals surface area (Å²) in [5.74, 6) is -0.330. The number of carbonyl (C=O) groups is 1. The quantitative estimate of drug-likeness (QED) is 0.804. The second-order valence-electron chi connectivity index (χ2n) is 5.36. The van der Waals surface area contributed by atoms with Gasteiger partial charge in [-0.1, -0.05) is 12.1 Å². The molecule has 0 unspecified atom stereocenters. The first-order valence-electron chi connectivity index (χ1n) is 6.93. The van der Waals surface area contributed by atoms with E-state index in [-0.39, 0.29) is 5.56 Å². The number of aromatic carboxylic acids is 1. The van der Waals surface area contributed by atoms with E-state index in [0.29, 0.717) is 18.2 Å². The summed E-state index contributed by atoms with van der Waals surface area (Å²) in [6.45, 7) is 3.41. The zero-order chi connectivity index (χ0) is 14.5. The van der Waals surface area contributed by atoms with Crippen molar-refractivity contribution >= 4 is 11.7 Å². The van der Waals surface area contributed by atoms with E-state index in [1.807, 2.05) is 12.1 Å². The van der Waals surface area contributed by atoms with Crippen molar-refractivity contribution in [1.29, 1.82) is 0 Å². The number of benzene rings is 1. The van der Waals surface area contributed by atoms with Crippen LogP contribution in [0.5, 0.6) is 0 Å².